The van der Waals surface area contributed by atoms with Gasteiger partial charge in [0.25, 0.3) is 11.7 Å². The van der Waals surface area contributed by atoms with Gasteiger partial charge in [0.05, 0.1) is 11.6 Å². The molecule has 1 amide bonds. The third kappa shape index (κ3) is 4.20. The van der Waals surface area contributed by atoms with Gasteiger partial charge in [0.2, 0.25) is 0 Å². The summed E-state index contributed by atoms with van der Waals surface area (Å²) < 4.78 is 0. The second-order valence-electron chi connectivity index (χ2n) is 9.34. The van der Waals surface area contributed by atoms with Crippen LogP contribution in [0.5, 0.6) is 0 Å². The van der Waals surface area contributed by atoms with Crippen LogP contribution in [0.3, 0.4) is 0 Å². The molecule has 6 nitrogen and oxygen atoms in total. The second kappa shape index (κ2) is 9.37. The minimum Gasteiger partial charge on any atom is -0.507 e. The lowest BCUT2D eigenvalue weighted by Gasteiger charge is -2.30. The summed E-state index contributed by atoms with van der Waals surface area (Å²) in [7, 11) is 0. The van der Waals surface area contributed by atoms with Gasteiger partial charge >= 0.3 is 0 Å². The van der Waals surface area contributed by atoms with E-state index in [1.165, 1.54) is 24.2 Å². The summed E-state index contributed by atoms with van der Waals surface area (Å²) in [5.74, 6) is -1.51. The van der Waals surface area contributed by atoms with E-state index in [0.717, 1.165) is 29.9 Å². The summed E-state index contributed by atoms with van der Waals surface area (Å²) in [6.45, 7) is 5.85. The van der Waals surface area contributed by atoms with Gasteiger partial charge in [-0.25, -0.2) is 0 Å². The maximum absolute atomic E-state index is 13.4. The summed E-state index contributed by atoms with van der Waals surface area (Å²) in [5.41, 5.74) is 4.81. The second-order valence-corrected chi connectivity index (χ2v) is 9.34. The first-order valence-corrected chi connectivity index (χ1v) is 12.1. The van der Waals surface area contributed by atoms with Crippen LogP contribution in [-0.2, 0) is 9.59 Å². The molecule has 6 heteroatoms. The number of piperidine rings is 1. The van der Waals surface area contributed by atoms with Crippen LogP contribution in [-0.4, -0.2) is 34.9 Å². The molecule has 2 fully saturated rings. The Labute approximate surface area is 205 Å². The smallest absolute Gasteiger partial charge is 0.300 e. The van der Waals surface area contributed by atoms with E-state index in [0.29, 0.717) is 16.8 Å². The molecule has 2 aliphatic rings. The number of carbonyl (C=O) groups excluding carboxylic acids is 2. The van der Waals surface area contributed by atoms with Gasteiger partial charge in [0.1, 0.15) is 5.76 Å². The van der Waals surface area contributed by atoms with Crippen molar-refractivity contribution in [3.05, 3.63) is 94.8 Å². The molecule has 3 aromatic rings. The van der Waals surface area contributed by atoms with Crippen molar-refractivity contribution in [1.82, 2.24) is 4.98 Å². The molecule has 5 rings (SSSR count). The van der Waals surface area contributed by atoms with Crippen LogP contribution >= 0.6 is 0 Å². The Morgan fingerprint density at radius 2 is 1.66 bits per heavy atom. The van der Waals surface area contributed by atoms with Gasteiger partial charge in [-0.05, 0) is 80.6 Å². The first kappa shape index (κ1) is 22.8. The molecule has 2 saturated heterocycles. The molecule has 0 bridgehead atoms. The SMILES string of the molecule is Cc1ccc(C)c(/C(O)=C2\C(=O)C(=O)N(c3ccc(N4CCCCC4)cc3)C2c2cccnc2)c1. The Bertz CT molecular complexity index is 1290. The van der Waals surface area contributed by atoms with E-state index in [1.807, 2.05) is 62.4 Å². The molecule has 3 heterocycles. The summed E-state index contributed by atoms with van der Waals surface area (Å²) in [6, 6.07) is 16.3. The van der Waals surface area contributed by atoms with E-state index >= 15 is 0 Å². The molecule has 0 radical (unpaired) electrons. The van der Waals surface area contributed by atoms with Crippen LogP contribution in [0.25, 0.3) is 5.76 Å². The first-order valence-electron chi connectivity index (χ1n) is 12.1. The maximum Gasteiger partial charge on any atom is 0.300 e. The predicted octanol–water partition coefficient (Wildman–Crippen LogP) is 5.32. The number of carbonyl (C=O) groups is 2. The Kier molecular flexibility index (Phi) is 6.12. The zero-order valence-electron chi connectivity index (χ0n) is 20.1. The number of aryl methyl sites for hydroxylation is 2. The van der Waals surface area contributed by atoms with Crippen molar-refractivity contribution in [2.45, 2.75) is 39.2 Å². The van der Waals surface area contributed by atoms with E-state index in [1.54, 1.807) is 18.5 Å². The molecule has 178 valence electrons. The summed E-state index contributed by atoms with van der Waals surface area (Å²) in [5, 5.41) is 11.4. The van der Waals surface area contributed by atoms with Crippen molar-refractivity contribution < 1.29 is 14.7 Å². The quantitative estimate of drug-likeness (QED) is 0.320. The van der Waals surface area contributed by atoms with Gasteiger partial charge in [0.15, 0.2) is 0 Å². The van der Waals surface area contributed by atoms with Crippen LogP contribution in [0.4, 0.5) is 11.4 Å². The molecule has 1 atom stereocenters. The number of Topliss-reactive ketones (excluding diaryl/α,β-unsaturated/α-hetero) is 1. The number of benzene rings is 2. The van der Waals surface area contributed by atoms with Gasteiger partial charge in [-0.3, -0.25) is 19.5 Å². The molecule has 1 aromatic heterocycles. The number of hydrogen-bond acceptors (Lipinski definition) is 5. The maximum atomic E-state index is 13.4. The molecule has 0 aliphatic carbocycles. The van der Waals surface area contributed by atoms with E-state index in [4.69, 9.17) is 0 Å². The third-order valence-corrected chi connectivity index (χ3v) is 6.94. The standard InChI is InChI=1S/C29H29N3O3/c1-19-8-9-20(2)24(17-19)27(33)25-26(21-7-6-14-30-18-21)32(29(35)28(25)34)23-12-10-22(11-13-23)31-15-4-3-5-16-31/h6-14,17-18,26,33H,3-5,15-16H2,1-2H3/b27-25+. The molecular weight excluding hydrogens is 438 g/mol. The number of aromatic nitrogens is 1. The average Bonchev–Trinajstić information content (AvgIpc) is 3.16. The largest absolute Gasteiger partial charge is 0.507 e. The highest BCUT2D eigenvalue weighted by atomic mass is 16.3. The average molecular weight is 468 g/mol. The van der Waals surface area contributed by atoms with Gasteiger partial charge < -0.3 is 10.0 Å². The van der Waals surface area contributed by atoms with Crippen molar-refractivity contribution in [2.24, 2.45) is 0 Å². The number of anilines is 2. The first-order chi connectivity index (χ1) is 17.0. The fourth-order valence-electron chi connectivity index (χ4n) is 5.06. The monoisotopic (exact) mass is 467 g/mol. The molecule has 2 aromatic carbocycles. The number of ketones is 1. The highest BCUT2D eigenvalue weighted by Crippen LogP contribution is 2.42. The molecule has 1 N–H and O–H groups in total. The van der Waals surface area contributed by atoms with E-state index < -0.39 is 17.7 Å². The highest BCUT2D eigenvalue weighted by Gasteiger charge is 2.47. The van der Waals surface area contributed by atoms with E-state index in [9.17, 15) is 14.7 Å². The molecule has 0 saturated carbocycles. The predicted molar refractivity (Wildman–Crippen MR) is 137 cm³/mol. The number of hydrogen-bond donors (Lipinski definition) is 1. The van der Waals surface area contributed by atoms with Gasteiger partial charge in [-0.1, -0.05) is 23.8 Å². The molecule has 1 unspecified atom stereocenters. The molecule has 0 spiro atoms. The van der Waals surface area contributed by atoms with Gasteiger partial charge in [-0.2, -0.15) is 0 Å². The Balaban J connectivity index is 1.62. The number of aliphatic hydroxyl groups excluding tert-OH is 1. The van der Waals surface area contributed by atoms with Crippen molar-refractivity contribution >= 4 is 28.8 Å². The van der Waals surface area contributed by atoms with Gasteiger partial charge in [0, 0.05) is 42.4 Å². The summed E-state index contributed by atoms with van der Waals surface area (Å²) in [6.07, 6.45) is 6.89. The van der Waals surface area contributed by atoms with Gasteiger partial charge in [-0.15, -0.1) is 0 Å². The van der Waals surface area contributed by atoms with E-state index in [2.05, 4.69) is 9.88 Å². The van der Waals surface area contributed by atoms with Crippen molar-refractivity contribution in [1.29, 1.82) is 0 Å². The molecular formula is C29H29N3O3. The zero-order chi connectivity index (χ0) is 24.5. The minimum absolute atomic E-state index is 0.0804. The summed E-state index contributed by atoms with van der Waals surface area (Å²) in [4.78, 5) is 34.8. The van der Waals surface area contributed by atoms with Crippen LogP contribution in [0.2, 0.25) is 0 Å². The minimum atomic E-state index is -0.774. The van der Waals surface area contributed by atoms with Crippen LogP contribution in [0.1, 0.15) is 47.6 Å². The van der Waals surface area contributed by atoms with E-state index in [-0.39, 0.29) is 11.3 Å². The number of pyridine rings is 1. The Morgan fingerprint density at radius 1 is 0.943 bits per heavy atom. The topological polar surface area (TPSA) is 73.7 Å². The molecule has 35 heavy (non-hydrogen) atoms. The molecule has 2 aliphatic heterocycles. The normalized spacial score (nSPS) is 19.9. The fourth-order valence-corrected chi connectivity index (χ4v) is 5.06. The summed E-state index contributed by atoms with van der Waals surface area (Å²) >= 11 is 0. The van der Waals surface area contributed by atoms with Crippen molar-refractivity contribution in [3.8, 4) is 0 Å². The lowest BCUT2D eigenvalue weighted by Crippen LogP contribution is -2.30. The number of amides is 1. The van der Waals surface area contributed by atoms with Crippen LogP contribution in [0, 0.1) is 13.8 Å². The number of nitrogens with zero attached hydrogens (tertiary/aromatic N) is 3. The van der Waals surface area contributed by atoms with Crippen LogP contribution < -0.4 is 9.80 Å². The third-order valence-electron chi connectivity index (χ3n) is 6.94. The number of rotatable bonds is 4. The fraction of sp³-hybridized carbons (Fsp3) is 0.276. The zero-order valence-corrected chi connectivity index (χ0v) is 20.1. The highest BCUT2D eigenvalue weighted by molar-refractivity contribution is 6.51. The lowest BCUT2D eigenvalue weighted by atomic mass is 9.94. The van der Waals surface area contributed by atoms with Crippen LogP contribution in [0.15, 0.2) is 72.6 Å². The Morgan fingerprint density at radius 3 is 2.34 bits per heavy atom. The lowest BCUT2D eigenvalue weighted by molar-refractivity contribution is -0.132. The van der Waals surface area contributed by atoms with Crippen molar-refractivity contribution in [3.63, 3.8) is 0 Å². The Hall–Kier alpha value is -3.93. The number of aliphatic hydroxyl groups is 1. The van der Waals surface area contributed by atoms with Crippen molar-refractivity contribution in [2.75, 3.05) is 22.9 Å².